The van der Waals surface area contributed by atoms with Crippen LogP contribution in [0.3, 0.4) is 0 Å². The molecule has 144 valence electrons. The van der Waals surface area contributed by atoms with E-state index < -0.39 is 4.92 Å². The van der Waals surface area contributed by atoms with Gasteiger partial charge in [-0.05, 0) is 45.4 Å². The second-order valence-corrected chi connectivity index (χ2v) is 6.90. The third-order valence-corrected chi connectivity index (χ3v) is 3.54. The second kappa shape index (κ2) is 8.59. The smallest absolute Gasteiger partial charge is 0.269 e. The lowest BCUT2D eigenvalue weighted by atomic mass is 10.1. The number of nitro groups is 1. The van der Waals surface area contributed by atoms with Crippen LogP contribution in [0.1, 0.15) is 36.7 Å². The lowest BCUT2D eigenvalue weighted by Gasteiger charge is -2.19. The van der Waals surface area contributed by atoms with Gasteiger partial charge in [0.1, 0.15) is 6.61 Å². The Morgan fingerprint density at radius 1 is 1.22 bits per heavy atom. The van der Waals surface area contributed by atoms with Gasteiger partial charge in [0.25, 0.3) is 11.6 Å². The number of pyridine rings is 1. The fraction of sp³-hybridized carbons (Fsp3) is 0.368. The molecule has 1 heterocycles. The summed E-state index contributed by atoms with van der Waals surface area (Å²) < 4.78 is 11.0. The van der Waals surface area contributed by atoms with E-state index in [1.165, 1.54) is 24.4 Å². The highest BCUT2D eigenvalue weighted by atomic mass is 16.6. The van der Waals surface area contributed by atoms with E-state index in [0.29, 0.717) is 35.9 Å². The maximum atomic E-state index is 12.3. The van der Waals surface area contributed by atoms with Gasteiger partial charge in [0.05, 0.1) is 22.7 Å². The summed E-state index contributed by atoms with van der Waals surface area (Å²) in [5, 5.41) is 13.5. The summed E-state index contributed by atoms with van der Waals surface area (Å²) in [5.41, 5.74) is 1.21. The summed E-state index contributed by atoms with van der Waals surface area (Å²) in [6.07, 6.45) is 1.41. The number of hydrogen-bond donors (Lipinski definition) is 1. The Morgan fingerprint density at radius 3 is 2.52 bits per heavy atom. The number of aromatic nitrogens is 1. The molecule has 1 N–H and O–H groups in total. The fourth-order valence-electron chi connectivity index (χ4n) is 2.19. The molecule has 0 radical (unpaired) electrons. The monoisotopic (exact) mass is 373 g/mol. The Hall–Kier alpha value is -3.00. The maximum Gasteiger partial charge on any atom is 0.269 e. The van der Waals surface area contributed by atoms with Crippen molar-refractivity contribution in [3.05, 3.63) is 57.8 Å². The normalized spacial score (nSPS) is 11.1. The Kier molecular flexibility index (Phi) is 6.46. The zero-order chi connectivity index (χ0) is 20.0. The molecule has 0 saturated carbocycles. The summed E-state index contributed by atoms with van der Waals surface area (Å²) in [6.45, 7) is 8.38. The number of aryl methyl sites for hydroxylation is 1. The van der Waals surface area contributed by atoms with Gasteiger partial charge >= 0.3 is 0 Å². The topological polar surface area (TPSA) is 104 Å². The molecular weight excluding hydrogens is 350 g/mol. The Morgan fingerprint density at radius 2 is 1.96 bits per heavy atom. The van der Waals surface area contributed by atoms with Crippen molar-refractivity contribution in [2.24, 2.45) is 0 Å². The lowest BCUT2D eigenvalue weighted by Crippen LogP contribution is -2.22. The zero-order valence-electron chi connectivity index (χ0n) is 15.8. The molecule has 2 aromatic rings. The number of nitro benzene ring substituents is 1. The molecule has 1 amide bonds. The number of anilines is 1. The van der Waals surface area contributed by atoms with Gasteiger partial charge in [-0.1, -0.05) is 0 Å². The Labute approximate surface area is 157 Å². The molecule has 0 aliphatic carbocycles. The number of amides is 1. The fourth-order valence-corrected chi connectivity index (χ4v) is 2.19. The van der Waals surface area contributed by atoms with E-state index >= 15 is 0 Å². The first-order valence-electron chi connectivity index (χ1n) is 8.45. The Bertz CT molecular complexity index is 813. The molecule has 1 aromatic heterocycles. The van der Waals surface area contributed by atoms with Crippen molar-refractivity contribution in [2.45, 2.75) is 33.3 Å². The number of carbonyl (C=O) groups is 1. The summed E-state index contributed by atoms with van der Waals surface area (Å²) in [4.78, 5) is 26.7. The molecule has 8 nitrogen and oxygen atoms in total. The van der Waals surface area contributed by atoms with E-state index in [-0.39, 0.29) is 17.2 Å². The third-order valence-electron chi connectivity index (χ3n) is 3.54. The van der Waals surface area contributed by atoms with E-state index in [9.17, 15) is 14.9 Å². The predicted octanol–water partition coefficient (Wildman–Crippen LogP) is 3.74. The first-order chi connectivity index (χ1) is 12.7. The number of carbonyl (C=O) groups excluding carboxylic acids is 1. The largest absolute Gasteiger partial charge is 0.475 e. The van der Waals surface area contributed by atoms with E-state index in [0.717, 1.165) is 0 Å². The molecule has 0 aliphatic rings. The molecule has 1 aromatic carbocycles. The first kappa shape index (κ1) is 20.3. The van der Waals surface area contributed by atoms with Crippen LogP contribution >= 0.6 is 0 Å². The molecule has 8 heteroatoms. The summed E-state index contributed by atoms with van der Waals surface area (Å²) in [6, 6.07) is 7.46. The van der Waals surface area contributed by atoms with E-state index in [4.69, 9.17) is 9.47 Å². The van der Waals surface area contributed by atoms with Crippen molar-refractivity contribution in [3.8, 4) is 5.88 Å². The highest BCUT2D eigenvalue weighted by Gasteiger charge is 2.12. The molecule has 0 unspecified atom stereocenters. The molecule has 0 fully saturated rings. The van der Waals surface area contributed by atoms with E-state index in [1.54, 1.807) is 19.1 Å². The SMILES string of the molecule is Cc1cc([N+](=O)[O-])ccc1NC(=O)c1ccc(OCCOC(C)(C)C)nc1. The minimum atomic E-state index is -0.478. The minimum Gasteiger partial charge on any atom is -0.475 e. The van der Waals surface area contributed by atoms with Crippen LogP contribution in [0.4, 0.5) is 11.4 Å². The van der Waals surface area contributed by atoms with Crippen LogP contribution in [0.25, 0.3) is 0 Å². The molecule has 0 aliphatic heterocycles. The first-order valence-corrected chi connectivity index (χ1v) is 8.45. The number of rotatable bonds is 7. The number of non-ortho nitro benzene ring substituents is 1. The Balaban J connectivity index is 1.93. The van der Waals surface area contributed by atoms with E-state index in [2.05, 4.69) is 10.3 Å². The molecule has 0 bridgehead atoms. The molecule has 0 atom stereocenters. The summed E-state index contributed by atoms with van der Waals surface area (Å²) in [7, 11) is 0. The van der Waals surface area contributed by atoms with Crippen molar-refractivity contribution in [3.63, 3.8) is 0 Å². The van der Waals surface area contributed by atoms with Crippen molar-refractivity contribution < 1.29 is 19.2 Å². The molecular formula is C19H23N3O5. The van der Waals surface area contributed by atoms with Crippen LogP contribution in [0.2, 0.25) is 0 Å². The van der Waals surface area contributed by atoms with Gasteiger partial charge in [0.2, 0.25) is 5.88 Å². The maximum absolute atomic E-state index is 12.3. The predicted molar refractivity (Wildman–Crippen MR) is 101 cm³/mol. The number of hydrogen-bond acceptors (Lipinski definition) is 6. The number of nitrogens with zero attached hydrogens (tertiary/aromatic N) is 2. The van der Waals surface area contributed by atoms with Crippen LogP contribution in [0.5, 0.6) is 5.88 Å². The molecule has 0 spiro atoms. The van der Waals surface area contributed by atoms with Gasteiger partial charge in [-0.15, -0.1) is 0 Å². The van der Waals surface area contributed by atoms with Crippen LogP contribution in [-0.4, -0.2) is 34.6 Å². The lowest BCUT2D eigenvalue weighted by molar-refractivity contribution is -0.384. The third kappa shape index (κ3) is 6.34. The van der Waals surface area contributed by atoms with Crippen LogP contribution in [0, 0.1) is 17.0 Å². The van der Waals surface area contributed by atoms with Crippen molar-refractivity contribution in [1.82, 2.24) is 4.98 Å². The van der Waals surface area contributed by atoms with Crippen molar-refractivity contribution >= 4 is 17.3 Å². The van der Waals surface area contributed by atoms with Crippen molar-refractivity contribution in [2.75, 3.05) is 18.5 Å². The van der Waals surface area contributed by atoms with Crippen molar-refractivity contribution in [1.29, 1.82) is 0 Å². The van der Waals surface area contributed by atoms with Gasteiger partial charge in [-0.2, -0.15) is 0 Å². The quantitative estimate of drug-likeness (QED) is 0.450. The summed E-state index contributed by atoms with van der Waals surface area (Å²) in [5.74, 6) is 0.0395. The van der Waals surface area contributed by atoms with Gasteiger partial charge in [0.15, 0.2) is 0 Å². The van der Waals surface area contributed by atoms with Crippen LogP contribution < -0.4 is 10.1 Å². The number of ether oxygens (including phenoxy) is 2. The number of benzene rings is 1. The van der Waals surface area contributed by atoms with Gasteiger partial charge in [0, 0.05) is 30.1 Å². The van der Waals surface area contributed by atoms with Gasteiger partial charge in [-0.3, -0.25) is 14.9 Å². The number of nitrogens with one attached hydrogen (secondary N) is 1. The highest BCUT2D eigenvalue weighted by molar-refractivity contribution is 6.04. The molecule has 27 heavy (non-hydrogen) atoms. The summed E-state index contributed by atoms with van der Waals surface area (Å²) >= 11 is 0. The average molecular weight is 373 g/mol. The molecule has 0 saturated heterocycles. The highest BCUT2D eigenvalue weighted by Crippen LogP contribution is 2.22. The standard InChI is InChI=1S/C19H23N3O5/c1-13-11-15(22(24)25)6-7-16(13)21-18(23)14-5-8-17(20-12-14)26-9-10-27-19(2,3)4/h5-8,11-12H,9-10H2,1-4H3,(H,21,23). The van der Waals surface area contributed by atoms with Crippen LogP contribution in [0.15, 0.2) is 36.5 Å². The minimum absolute atomic E-state index is 0.0240. The average Bonchev–Trinajstić information content (AvgIpc) is 2.60. The zero-order valence-corrected chi connectivity index (χ0v) is 15.8. The van der Waals surface area contributed by atoms with Gasteiger partial charge < -0.3 is 14.8 Å². The van der Waals surface area contributed by atoms with Crippen LogP contribution in [-0.2, 0) is 4.74 Å². The van der Waals surface area contributed by atoms with Gasteiger partial charge in [-0.25, -0.2) is 4.98 Å². The molecule has 2 rings (SSSR count). The second-order valence-electron chi connectivity index (χ2n) is 6.90. The van der Waals surface area contributed by atoms with E-state index in [1.807, 2.05) is 20.8 Å².